The first-order valence-corrected chi connectivity index (χ1v) is 23.4. The van der Waals surface area contributed by atoms with Crippen LogP contribution in [0.15, 0.2) is 243 Å². The molecule has 0 N–H and O–H groups in total. The SMILES string of the molecule is c1ccc(-c2ccc(-c3ccc(-c4cc5c6c(ccc(-c7ccc8c(c7)-c7cc(-c9ccc(-c%10ccccc%10-c%10ccccn%10)cc9)cc9cccc-8c79)c6c4)-c4ccccc4-5)cc3)cc2)nc1. The van der Waals surface area contributed by atoms with Crippen LogP contribution in [0.5, 0.6) is 0 Å². The minimum Gasteiger partial charge on any atom is -0.256 e. The number of nitrogens with zero attached hydrogens (tertiary/aromatic N) is 2. The third kappa shape index (κ3) is 6.12. The molecule has 0 amide bonds. The maximum absolute atomic E-state index is 4.67. The number of benzene rings is 10. The van der Waals surface area contributed by atoms with Crippen LogP contribution in [0.3, 0.4) is 0 Å². The van der Waals surface area contributed by atoms with Crippen LogP contribution in [-0.2, 0) is 0 Å². The average Bonchev–Trinajstić information content (AvgIpc) is 3.92. The molecule has 0 atom stereocenters. The van der Waals surface area contributed by atoms with Gasteiger partial charge in [-0.2, -0.15) is 0 Å². The van der Waals surface area contributed by atoms with Crippen LogP contribution >= 0.6 is 0 Å². The molecule has 0 unspecified atom stereocenters. The van der Waals surface area contributed by atoms with Gasteiger partial charge in [-0.25, -0.2) is 0 Å². The zero-order valence-electron chi connectivity index (χ0n) is 37.0. The first-order valence-electron chi connectivity index (χ1n) is 23.4. The van der Waals surface area contributed by atoms with Gasteiger partial charge in [0.1, 0.15) is 0 Å². The van der Waals surface area contributed by atoms with Crippen LogP contribution in [0.1, 0.15) is 0 Å². The smallest absolute Gasteiger partial charge is 0.0708 e. The maximum Gasteiger partial charge on any atom is 0.0708 e. The molecule has 68 heavy (non-hydrogen) atoms. The number of pyridine rings is 2. The highest BCUT2D eigenvalue weighted by molar-refractivity contribution is 6.21. The minimum atomic E-state index is 0.979. The molecule has 2 nitrogen and oxygen atoms in total. The molecule has 0 bridgehead atoms. The van der Waals surface area contributed by atoms with E-state index in [0.29, 0.717) is 0 Å². The second kappa shape index (κ2) is 15.3. The number of hydrogen-bond donors (Lipinski definition) is 0. The average molecular weight is 861 g/mol. The molecule has 2 heteroatoms. The Morgan fingerprint density at radius 3 is 1.34 bits per heavy atom. The van der Waals surface area contributed by atoms with Crippen molar-refractivity contribution in [2.75, 3.05) is 0 Å². The zero-order valence-corrected chi connectivity index (χ0v) is 37.0. The summed E-state index contributed by atoms with van der Waals surface area (Å²) in [4.78, 5) is 9.20. The molecule has 0 radical (unpaired) electrons. The van der Waals surface area contributed by atoms with E-state index >= 15 is 0 Å². The number of fused-ring (bicyclic) bond motifs is 6. The molecule has 0 spiro atoms. The standard InChI is InChI=1S/C66H40N2/c1-4-14-56(64-17-6-8-35-68-64)51(11-1)45-26-22-43(23-27-45)49-36-48-10-9-15-57-55-31-30-47(37-59(55)62(38-49)65(48)57)52-32-33-58-53-12-2-3-13-54(53)61-40-50(39-60(52)66(58)61)44-20-18-41(19-21-44)42-24-28-46(29-25-42)63-16-5-7-34-67-63/h1-40H. The van der Waals surface area contributed by atoms with Crippen molar-refractivity contribution in [1.82, 2.24) is 9.97 Å². The predicted octanol–water partition coefficient (Wildman–Crippen LogP) is 17.7. The van der Waals surface area contributed by atoms with Crippen molar-refractivity contribution < 1.29 is 0 Å². The van der Waals surface area contributed by atoms with Crippen LogP contribution in [0, 0.1) is 0 Å². The maximum atomic E-state index is 4.67. The molecular weight excluding hydrogens is 821 g/mol. The Bertz CT molecular complexity index is 3960. The number of aromatic nitrogens is 2. The van der Waals surface area contributed by atoms with Gasteiger partial charge in [0.2, 0.25) is 0 Å². The van der Waals surface area contributed by atoms with Gasteiger partial charge < -0.3 is 0 Å². The second-order valence-electron chi connectivity index (χ2n) is 18.0. The van der Waals surface area contributed by atoms with Crippen LogP contribution in [-0.4, -0.2) is 9.97 Å². The normalized spacial score (nSPS) is 11.8. The monoisotopic (exact) mass is 860 g/mol. The number of hydrogen-bond acceptors (Lipinski definition) is 2. The Morgan fingerprint density at radius 2 is 0.662 bits per heavy atom. The Hall–Kier alpha value is -8.98. The molecule has 0 saturated heterocycles. The zero-order chi connectivity index (χ0) is 44.7. The fourth-order valence-electron chi connectivity index (χ4n) is 11.0. The lowest BCUT2D eigenvalue weighted by Gasteiger charge is -2.14. The van der Waals surface area contributed by atoms with Crippen molar-refractivity contribution in [2.24, 2.45) is 0 Å². The van der Waals surface area contributed by atoms with Crippen molar-refractivity contribution in [1.29, 1.82) is 0 Å². The largest absolute Gasteiger partial charge is 0.256 e. The summed E-state index contributed by atoms with van der Waals surface area (Å²) >= 11 is 0. The van der Waals surface area contributed by atoms with E-state index in [1.54, 1.807) is 0 Å². The summed E-state index contributed by atoms with van der Waals surface area (Å²) in [6.45, 7) is 0. The summed E-state index contributed by atoms with van der Waals surface area (Å²) in [5.41, 5.74) is 26.6. The summed E-state index contributed by atoms with van der Waals surface area (Å²) in [6.07, 6.45) is 3.71. The van der Waals surface area contributed by atoms with Gasteiger partial charge in [-0.05, 0) is 176 Å². The fourth-order valence-corrected chi connectivity index (χ4v) is 11.0. The van der Waals surface area contributed by atoms with E-state index in [0.717, 1.165) is 22.5 Å². The first-order chi connectivity index (χ1) is 33.7. The minimum absolute atomic E-state index is 0.979. The van der Waals surface area contributed by atoms with Gasteiger partial charge in [-0.1, -0.05) is 176 Å². The lowest BCUT2D eigenvalue weighted by atomic mass is 9.89. The molecule has 12 aromatic rings. The summed E-state index contributed by atoms with van der Waals surface area (Å²) in [6, 6.07) is 84.6. The second-order valence-corrected chi connectivity index (χ2v) is 18.0. The highest BCUT2D eigenvalue weighted by Crippen LogP contribution is 2.53. The van der Waals surface area contributed by atoms with Crippen LogP contribution in [0.25, 0.3) is 144 Å². The topological polar surface area (TPSA) is 25.8 Å². The lowest BCUT2D eigenvalue weighted by molar-refractivity contribution is 1.33. The van der Waals surface area contributed by atoms with E-state index in [1.807, 2.05) is 36.7 Å². The van der Waals surface area contributed by atoms with E-state index in [-0.39, 0.29) is 0 Å². The molecule has 2 heterocycles. The van der Waals surface area contributed by atoms with Gasteiger partial charge in [-0.15, -0.1) is 0 Å². The molecule has 10 aromatic carbocycles. The molecular formula is C66H40N2. The van der Waals surface area contributed by atoms with Crippen molar-refractivity contribution in [3.8, 4) is 123 Å². The van der Waals surface area contributed by atoms with Gasteiger partial charge in [0.15, 0.2) is 0 Å². The van der Waals surface area contributed by atoms with Gasteiger partial charge >= 0.3 is 0 Å². The van der Waals surface area contributed by atoms with Gasteiger partial charge in [0.05, 0.1) is 11.4 Å². The highest BCUT2D eigenvalue weighted by Gasteiger charge is 2.26. The predicted molar refractivity (Wildman–Crippen MR) is 284 cm³/mol. The Balaban J connectivity index is 0.853. The van der Waals surface area contributed by atoms with Crippen LogP contribution in [0.2, 0.25) is 0 Å². The Morgan fingerprint density at radius 1 is 0.206 bits per heavy atom. The van der Waals surface area contributed by atoms with E-state index in [9.17, 15) is 0 Å². The van der Waals surface area contributed by atoms with Crippen molar-refractivity contribution in [2.45, 2.75) is 0 Å². The van der Waals surface area contributed by atoms with Crippen molar-refractivity contribution in [3.05, 3.63) is 243 Å². The van der Waals surface area contributed by atoms with Crippen molar-refractivity contribution in [3.63, 3.8) is 0 Å². The summed E-state index contributed by atoms with van der Waals surface area (Å²) < 4.78 is 0. The molecule has 0 aliphatic heterocycles. The van der Waals surface area contributed by atoms with Gasteiger partial charge in [0, 0.05) is 23.5 Å². The molecule has 0 saturated carbocycles. The molecule has 0 fully saturated rings. The van der Waals surface area contributed by atoms with E-state index in [4.69, 9.17) is 0 Å². The van der Waals surface area contributed by atoms with Gasteiger partial charge in [0.25, 0.3) is 0 Å². The lowest BCUT2D eigenvalue weighted by Crippen LogP contribution is -1.88. The summed E-state index contributed by atoms with van der Waals surface area (Å²) in [5, 5.41) is 5.20. The van der Waals surface area contributed by atoms with E-state index in [2.05, 4.69) is 216 Å². The quantitative estimate of drug-likeness (QED) is 0.160. The molecule has 314 valence electrons. The van der Waals surface area contributed by atoms with E-state index in [1.165, 1.54) is 122 Å². The molecule has 2 aromatic heterocycles. The van der Waals surface area contributed by atoms with E-state index < -0.39 is 0 Å². The Kier molecular flexibility index (Phi) is 8.62. The summed E-state index contributed by atoms with van der Waals surface area (Å²) in [5.74, 6) is 0. The fraction of sp³-hybridized carbons (Fsp3) is 0. The van der Waals surface area contributed by atoms with Crippen molar-refractivity contribution >= 4 is 21.5 Å². The highest BCUT2D eigenvalue weighted by atomic mass is 14.7. The molecule has 14 rings (SSSR count). The van der Waals surface area contributed by atoms with Crippen LogP contribution < -0.4 is 0 Å². The number of rotatable bonds is 7. The summed E-state index contributed by atoms with van der Waals surface area (Å²) in [7, 11) is 0. The molecule has 2 aliphatic carbocycles. The molecule has 2 aliphatic rings. The third-order valence-corrected chi connectivity index (χ3v) is 14.3. The first kappa shape index (κ1) is 38.3. The Labute approximate surface area is 395 Å². The third-order valence-electron chi connectivity index (χ3n) is 14.3. The van der Waals surface area contributed by atoms with Crippen LogP contribution in [0.4, 0.5) is 0 Å². The van der Waals surface area contributed by atoms with Gasteiger partial charge in [-0.3, -0.25) is 9.97 Å².